The maximum atomic E-state index is 12.4. The number of ether oxygens (including phenoxy) is 2. The van der Waals surface area contributed by atoms with Crippen molar-refractivity contribution in [3.63, 3.8) is 0 Å². The Hall–Kier alpha value is -3.46. The predicted molar refractivity (Wildman–Crippen MR) is 111 cm³/mol. The Kier molecular flexibility index (Phi) is 6.08. The minimum absolute atomic E-state index is 0.0350. The Balaban J connectivity index is 1.73. The Bertz CT molecular complexity index is 1060. The molecule has 0 fully saturated rings. The maximum Gasteiger partial charge on any atom is 0.274 e. The molecule has 2 aromatic carbocycles. The number of nitrogens with one attached hydrogen (secondary N) is 1. The molecule has 150 valence electrons. The highest BCUT2D eigenvalue weighted by atomic mass is 32.1. The van der Waals surface area contributed by atoms with Gasteiger partial charge in [0.2, 0.25) is 5.91 Å². The summed E-state index contributed by atoms with van der Waals surface area (Å²) < 4.78 is 10.6. The lowest BCUT2D eigenvalue weighted by Crippen LogP contribution is -2.15. The molecular weight excluding hydrogens is 394 g/mol. The summed E-state index contributed by atoms with van der Waals surface area (Å²) in [6.45, 7) is 1.60. The number of benzene rings is 2. The average molecular weight is 413 g/mol. The van der Waals surface area contributed by atoms with Gasteiger partial charge in [-0.25, -0.2) is 4.98 Å². The lowest BCUT2D eigenvalue weighted by atomic mass is 10.1. The molecule has 1 aromatic heterocycles. The van der Waals surface area contributed by atoms with Crippen LogP contribution >= 0.6 is 11.3 Å². The van der Waals surface area contributed by atoms with Crippen molar-refractivity contribution in [1.82, 2.24) is 4.98 Å². The van der Waals surface area contributed by atoms with Crippen molar-refractivity contribution < 1.29 is 19.2 Å². The van der Waals surface area contributed by atoms with E-state index in [1.807, 2.05) is 17.5 Å². The van der Waals surface area contributed by atoms with Crippen LogP contribution in [0, 0.1) is 17.0 Å². The SMILES string of the molecule is COc1ccc(-c2nc(CC(=O)Nc3cccc([N+](=O)[O-])c3C)cs2)cc1OC. The summed E-state index contributed by atoms with van der Waals surface area (Å²) in [4.78, 5) is 27.5. The number of carbonyl (C=O) groups excluding carboxylic acids is 1. The lowest BCUT2D eigenvalue weighted by molar-refractivity contribution is -0.385. The highest BCUT2D eigenvalue weighted by Gasteiger charge is 2.16. The van der Waals surface area contributed by atoms with Gasteiger partial charge in [-0.3, -0.25) is 14.9 Å². The van der Waals surface area contributed by atoms with Gasteiger partial charge in [-0.05, 0) is 31.2 Å². The molecule has 0 saturated heterocycles. The summed E-state index contributed by atoms with van der Waals surface area (Å²) in [6, 6.07) is 10.1. The van der Waals surface area contributed by atoms with Crippen LogP contribution in [0.5, 0.6) is 11.5 Å². The summed E-state index contributed by atoms with van der Waals surface area (Å²) in [5.41, 5.74) is 2.26. The second-order valence-electron chi connectivity index (χ2n) is 6.15. The molecule has 0 unspecified atom stereocenters. The van der Waals surface area contributed by atoms with E-state index in [1.54, 1.807) is 39.3 Å². The zero-order valence-corrected chi connectivity index (χ0v) is 16.9. The first-order valence-corrected chi connectivity index (χ1v) is 9.51. The Morgan fingerprint density at radius 1 is 1.21 bits per heavy atom. The number of amides is 1. The molecule has 8 nitrogen and oxygen atoms in total. The number of anilines is 1. The van der Waals surface area contributed by atoms with E-state index in [0.717, 1.165) is 10.6 Å². The minimum atomic E-state index is -0.471. The van der Waals surface area contributed by atoms with Gasteiger partial charge in [0.05, 0.1) is 42.5 Å². The second-order valence-corrected chi connectivity index (χ2v) is 7.00. The number of aromatic nitrogens is 1. The van der Waals surface area contributed by atoms with Crippen LogP contribution in [0.2, 0.25) is 0 Å². The third-order valence-electron chi connectivity index (χ3n) is 4.30. The van der Waals surface area contributed by atoms with Crippen LogP contribution in [0.25, 0.3) is 10.6 Å². The fourth-order valence-electron chi connectivity index (χ4n) is 2.81. The van der Waals surface area contributed by atoms with Crippen LogP contribution in [0.15, 0.2) is 41.8 Å². The van der Waals surface area contributed by atoms with Crippen molar-refractivity contribution in [2.75, 3.05) is 19.5 Å². The summed E-state index contributed by atoms with van der Waals surface area (Å²) in [6.07, 6.45) is 0.0614. The molecule has 0 atom stereocenters. The predicted octanol–water partition coefficient (Wildman–Crippen LogP) is 4.23. The highest BCUT2D eigenvalue weighted by Crippen LogP contribution is 2.33. The number of thiazole rings is 1. The molecule has 0 saturated carbocycles. The normalized spacial score (nSPS) is 10.4. The average Bonchev–Trinajstić information content (AvgIpc) is 3.17. The smallest absolute Gasteiger partial charge is 0.274 e. The van der Waals surface area contributed by atoms with Crippen LogP contribution in [0.3, 0.4) is 0 Å². The topological polar surface area (TPSA) is 104 Å². The largest absolute Gasteiger partial charge is 0.493 e. The van der Waals surface area contributed by atoms with Gasteiger partial charge in [0.1, 0.15) is 5.01 Å². The molecule has 29 heavy (non-hydrogen) atoms. The monoisotopic (exact) mass is 413 g/mol. The van der Waals surface area contributed by atoms with E-state index in [-0.39, 0.29) is 18.0 Å². The van der Waals surface area contributed by atoms with Crippen molar-refractivity contribution in [3.8, 4) is 22.1 Å². The second kappa shape index (κ2) is 8.70. The minimum Gasteiger partial charge on any atom is -0.493 e. The molecule has 3 aromatic rings. The fraction of sp³-hybridized carbons (Fsp3) is 0.200. The van der Waals surface area contributed by atoms with Crippen molar-refractivity contribution in [3.05, 3.63) is 63.1 Å². The van der Waals surface area contributed by atoms with Crippen LogP contribution in [-0.4, -0.2) is 30.0 Å². The van der Waals surface area contributed by atoms with Crippen molar-refractivity contribution in [1.29, 1.82) is 0 Å². The standard InChI is InChI=1S/C20H19N3O5S/c1-12-15(5-4-6-16(12)23(25)26)22-19(24)10-14-11-29-20(21-14)13-7-8-17(27-2)18(9-13)28-3/h4-9,11H,10H2,1-3H3,(H,22,24). The molecule has 0 spiro atoms. The van der Waals surface area contributed by atoms with Crippen LogP contribution in [0.1, 0.15) is 11.3 Å². The molecule has 1 amide bonds. The molecule has 0 radical (unpaired) electrons. The van der Waals surface area contributed by atoms with Gasteiger partial charge in [0.15, 0.2) is 11.5 Å². The van der Waals surface area contributed by atoms with E-state index in [4.69, 9.17) is 9.47 Å². The zero-order chi connectivity index (χ0) is 21.0. The first kappa shape index (κ1) is 20.3. The molecule has 0 aliphatic carbocycles. The van der Waals surface area contributed by atoms with Gasteiger partial charge in [-0.2, -0.15) is 0 Å². The van der Waals surface area contributed by atoms with Crippen molar-refractivity contribution >= 4 is 28.6 Å². The van der Waals surface area contributed by atoms with Gasteiger partial charge in [0, 0.05) is 17.0 Å². The van der Waals surface area contributed by atoms with Crippen molar-refractivity contribution in [2.24, 2.45) is 0 Å². The summed E-state index contributed by atoms with van der Waals surface area (Å²) in [7, 11) is 3.13. The molecule has 0 aliphatic heterocycles. The van der Waals surface area contributed by atoms with Gasteiger partial charge < -0.3 is 14.8 Å². The highest BCUT2D eigenvalue weighted by molar-refractivity contribution is 7.13. The fourth-order valence-corrected chi connectivity index (χ4v) is 3.62. The van der Waals surface area contributed by atoms with E-state index in [1.165, 1.54) is 17.4 Å². The number of nitrogens with zero attached hydrogens (tertiary/aromatic N) is 2. The Labute approximate surface area is 171 Å². The Morgan fingerprint density at radius 2 is 1.97 bits per heavy atom. The van der Waals surface area contributed by atoms with Gasteiger partial charge >= 0.3 is 0 Å². The van der Waals surface area contributed by atoms with Crippen LogP contribution < -0.4 is 14.8 Å². The molecule has 1 heterocycles. The van der Waals surface area contributed by atoms with Gasteiger partial charge in [-0.1, -0.05) is 6.07 Å². The third kappa shape index (κ3) is 4.52. The van der Waals surface area contributed by atoms with E-state index >= 15 is 0 Å². The van der Waals surface area contributed by atoms with E-state index in [9.17, 15) is 14.9 Å². The van der Waals surface area contributed by atoms with E-state index < -0.39 is 4.92 Å². The number of nitro benzene ring substituents is 1. The number of methoxy groups -OCH3 is 2. The molecule has 3 rings (SSSR count). The van der Waals surface area contributed by atoms with E-state index in [0.29, 0.717) is 28.4 Å². The molecule has 0 aliphatic rings. The number of hydrogen-bond acceptors (Lipinski definition) is 7. The van der Waals surface area contributed by atoms with Crippen molar-refractivity contribution in [2.45, 2.75) is 13.3 Å². The lowest BCUT2D eigenvalue weighted by Gasteiger charge is -2.08. The summed E-state index contributed by atoms with van der Waals surface area (Å²) in [5, 5.41) is 16.3. The number of hydrogen-bond donors (Lipinski definition) is 1. The number of rotatable bonds is 7. The van der Waals surface area contributed by atoms with E-state index in [2.05, 4.69) is 10.3 Å². The quantitative estimate of drug-likeness (QED) is 0.459. The molecule has 9 heteroatoms. The van der Waals surface area contributed by atoms with Gasteiger partial charge in [0.25, 0.3) is 5.69 Å². The molecule has 0 bridgehead atoms. The molecular formula is C20H19N3O5S. The van der Waals surface area contributed by atoms with Crippen LogP contribution in [0.4, 0.5) is 11.4 Å². The maximum absolute atomic E-state index is 12.4. The first-order chi connectivity index (χ1) is 13.9. The first-order valence-electron chi connectivity index (χ1n) is 8.63. The zero-order valence-electron chi connectivity index (χ0n) is 16.1. The summed E-state index contributed by atoms with van der Waals surface area (Å²) >= 11 is 1.42. The van der Waals surface area contributed by atoms with Crippen LogP contribution in [-0.2, 0) is 11.2 Å². The summed E-state index contributed by atoms with van der Waals surface area (Å²) in [5.74, 6) is 0.929. The third-order valence-corrected chi connectivity index (χ3v) is 5.24. The molecule has 1 N–H and O–H groups in total. The number of carbonyl (C=O) groups is 1. The van der Waals surface area contributed by atoms with Gasteiger partial charge in [-0.15, -0.1) is 11.3 Å². The number of nitro groups is 1. The Morgan fingerprint density at radius 3 is 2.66 bits per heavy atom.